The minimum atomic E-state index is -0.187. The average Bonchev–Trinajstić information content (AvgIpc) is 3.11. The van der Waals surface area contributed by atoms with Crippen LogP contribution in [0.4, 0.5) is 0 Å². The van der Waals surface area contributed by atoms with Crippen molar-refractivity contribution in [3.63, 3.8) is 0 Å². The summed E-state index contributed by atoms with van der Waals surface area (Å²) in [4.78, 5) is 38.4. The predicted octanol–water partition coefficient (Wildman–Crippen LogP) is 4.39. The molecule has 4 aromatic rings. The van der Waals surface area contributed by atoms with Crippen molar-refractivity contribution in [2.24, 2.45) is 0 Å². The van der Waals surface area contributed by atoms with Gasteiger partial charge in [0.2, 0.25) is 5.91 Å². The van der Waals surface area contributed by atoms with Crippen LogP contribution in [0.15, 0.2) is 53.5 Å². The summed E-state index contributed by atoms with van der Waals surface area (Å²) in [5.41, 5.74) is 2.61. The van der Waals surface area contributed by atoms with Crippen molar-refractivity contribution in [1.29, 1.82) is 0 Å². The maximum absolute atomic E-state index is 12.5. The summed E-state index contributed by atoms with van der Waals surface area (Å²) in [7, 11) is 0. The van der Waals surface area contributed by atoms with Crippen LogP contribution in [-0.2, 0) is 17.8 Å². The first kappa shape index (κ1) is 22.7. The number of nitrogens with zero attached hydrogens (tertiary/aromatic N) is 2. The van der Waals surface area contributed by atoms with E-state index >= 15 is 0 Å². The second-order valence-corrected chi connectivity index (χ2v) is 9.15. The summed E-state index contributed by atoms with van der Waals surface area (Å²) in [6.07, 6.45) is 2.34. The van der Waals surface area contributed by atoms with Gasteiger partial charge in [0.25, 0.3) is 5.56 Å². The number of amides is 1. The molecule has 1 unspecified atom stereocenters. The molecule has 1 amide bonds. The molecule has 2 N–H and O–H groups in total. The Kier molecular flexibility index (Phi) is 6.84. The van der Waals surface area contributed by atoms with Crippen LogP contribution in [0.5, 0.6) is 5.75 Å². The zero-order valence-electron chi connectivity index (χ0n) is 18.8. The van der Waals surface area contributed by atoms with E-state index in [1.165, 1.54) is 11.3 Å². The van der Waals surface area contributed by atoms with E-state index in [1.54, 1.807) is 6.20 Å². The minimum absolute atomic E-state index is 0.108. The molecule has 33 heavy (non-hydrogen) atoms. The molecule has 3 aromatic heterocycles. The lowest BCUT2D eigenvalue weighted by Gasteiger charge is -2.15. The van der Waals surface area contributed by atoms with Gasteiger partial charge in [0.1, 0.15) is 23.0 Å². The third-order valence-electron chi connectivity index (χ3n) is 5.53. The number of pyridine rings is 1. The van der Waals surface area contributed by atoms with Crippen LogP contribution in [0.3, 0.4) is 0 Å². The molecule has 0 bridgehead atoms. The summed E-state index contributed by atoms with van der Waals surface area (Å²) in [6, 6.07) is 13.2. The highest BCUT2D eigenvalue weighted by Gasteiger charge is 2.14. The van der Waals surface area contributed by atoms with Gasteiger partial charge >= 0.3 is 0 Å². The number of rotatable bonds is 8. The van der Waals surface area contributed by atoms with E-state index in [1.807, 2.05) is 63.2 Å². The van der Waals surface area contributed by atoms with Crippen molar-refractivity contribution in [2.75, 3.05) is 0 Å². The van der Waals surface area contributed by atoms with Gasteiger partial charge in [0.05, 0.1) is 17.1 Å². The largest absolute Gasteiger partial charge is 0.487 e. The van der Waals surface area contributed by atoms with Gasteiger partial charge in [-0.15, -0.1) is 11.3 Å². The Balaban J connectivity index is 1.34. The maximum atomic E-state index is 12.5. The molecule has 3 heterocycles. The Morgan fingerprint density at radius 3 is 2.85 bits per heavy atom. The van der Waals surface area contributed by atoms with Gasteiger partial charge in [0.15, 0.2) is 0 Å². The van der Waals surface area contributed by atoms with Crippen molar-refractivity contribution in [1.82, 2.24) is 20.3 Å². The lowest BCUT2D eigenvalue weighted by atomic mass is 10.1. The number of carbonyl (C=O) groups excluding carboxylic acids is 1. The van der Waals surface area contributed by atoms with Gasteiger partial charge in [-0.3, -0.25) is 14.6 Å². The van der Waals surface area contributed by atoms with Crippen LogP contribution in [-0.4, -0.2) is 20.9 Å². The number of hydrogen-bond donors (Lipinski definition) is 2. The fourth-order valence-electron chi connectivity index (χ4n) is 3.56. The van der Waals surface area contributed by atoms with Crippen molar-refractivity contribution < 1.29 is 9.53 Å². The van der Waals surface area contributed by atoms with Crippen molar-refractivity contribution in [3.05, 3.63) is 86.5 Å². The molecule has 0 aliphatic rings. The van der Waals surface area contributed by atoms with Crippen molar-refractivity contribution in [2.45, 2.75) is 46.3 Å². The highest BCUT2D eigenvalue weighted by Crippen LogP contribution is 2.26. The van der Waals surface area contributed by atoms with E-state index in [2.05, 4.69) is 20.3 Å². The second kappa shape index (κ2) is 9.95. The molecule has 0 fully saturated rings. The zero-order chi connectivity index (χ0) is 23.4. The van der Waals surface area contributed by atoms with Crippen LogP contribution in [0.2, 0.25) is 0 Å². The van der Waals surface area contributed by atoms with E-state index < -0.39 is 0 Å². The Morgan fingerprint density at radius 2 is 2.06 bits per heavy atom. The molecule has 0 aliphatic heterocycles. The van der Waals surface area contributed by atoms with Gasteiger partial charge in [-0.25, -0.2) is 4.98 Å². The normalized spacial score (nSPS) is 12.0. The van der Waals surface area contributed by atoms with E-state index in [-0.39, 0.29) is 23.9 Å². The van der Waals surface area contributed by atoms with Crippen molar-refractivity contribution >= 4 is 27.5 Å². The molecule has 0 saturated heterocycles. The van der Waals surface area contributed by atoms with Gasteiger partial charge in [-0.1, -0.05) is 18.2 Å². The first-order valence-corrected chi connectivity index (χ1v) is 11.6. The van der Waals surface area contributed by atoms with Crippen LogP contribution in [0.25, 0.3) is 10.2 Å². The molecule has 4 rings (SSSR count). The molecule has 0 radical (unpaired) electrons. The number of carbonyl (C=O) groups is 1. The van der Waals surface area contributed by atoms with Gasteiger partial charge in [0, 0.05) is 23.9 Å². The standard InChI is InChI=1S/C25H26N4O3S/c1-15-17(3)33-25-23(15)24(31)28-21(29-25)10-11-22(30)27-16(2)18-7-6-9-20(13-18)32-14-19-8-4-5-12-26-19/h4-9,12-13,16H,10-11,14H2,1-3H3,(H,27,30)(H,28,29,31). The highest BCUT2D eigenvalue weighted by atomic mass is 32.1. The molecule has 0 aliphatic carbocycles. The van der Waals surface area contributed by atoms with E-state index in [4.69, 9.17) is 4.74 Å². The molecule has 1 atom stereocenters. The minimum Gasteiger partial charge on any atom is -0.487 e. The van der Waals surface area contributed by atoms with E-state index in [0.717, 1.165) is 32.3 Å². The summed E-state index contributed by atoms with van der Waals surface area (Å²) in [6.45, 7) is 6.22. The molecule has 7 nitrogen and oxygen atoms in total. The first-order valence-electron chi connectivity index (χ1n) is 10.8. The Hall–Kier alpha value is -3.52. The number of benzene rings is 1. The summed E-state index contributed by atoms with van der Waals surface area (Å²) >= 11 is 1.51. The Morgan fingerprint density at radius 1 is 1.21 bits per heavy atom. The first-order chi connectivity index (χ1) is 15.9. The molecular formula is C25H26N4O3S. The highest BCUT2D eigenvalue weighted by molar-refractivity contribution is 7.18. The van der Waals surface area contributed by atoms with Crippen LogP contribution in [0.1, 0.15) is 46.9 Å². The van der Waals surface area contributed by atoms with Crippen LogP contribution in [0, 0.1) is 13.8 Å². The lowest BCUT2D eigenvalue weighted by Crippen LogP contribution is -2.27. The van der Waals surface area contributed by atoms with Crippen molar-refractivity contribution in [3.8, 4) is 5.75 Å². The number of aryl methyl sites for hydroxylation is 3. The molecular weight excluding hydrogens is 436 g/mol. The average molecular weight is 463 g/mol. The summed E-state index contributed by atoms with van der Waals surface area (Å²) in [5.74, 6) is 1.14. The van der Waals surface area contributed by atoms with Crippen LogP contribution >= 0.6 is 11.3 Å². The fourth-order valence-corrected chi connectivity index (χ4v) is 4.61. The second-order valence-electron chi connectivity index (χ2n) is 7.95. The van der Waals surface area contributed by atoms with E-state index in [9.17, 15) is 9.59 Å². The SMILES string of the molecule is Cc1sc2nc(CCC(=O)NC(C)c3cccc(OCc4ccccn4)c3)[nH]c(=O)c2c1C. The molecule has 170 valence electrons. The quantitative estimate of drug-likeness (QED) is 0.405. The topological polar surface area (TPSA) is 97.0 Å². The zero-order valence-corrected chi connectivity index (χ0v) is 19.7. The Bertz CT molecular complexity index is 1330. The monoisotopic (exact) mass is 462 g/mol. The van der Waals surface area contributed by atoms with Gasteiger partial charge in [-0.2, -0.15) is 0 Å². The molecule has 0 saturated carbocycles. The van der Waals surface area contributed by atoms with Crippen LogP contribution < -0.4 is 15.6 Å². The Labute approximate surface area is 195 Å². The summed E-state index contributed by atoms with van der Waals surface area (Å²) < 4.78 is 5.83. The van der Waals surface area contributed by atoms with E-state index in [0.29, 0.717) is 24.2 Å². The smallest absolute Gasteiger partial charge is 0.259 e. The number of aromatic amines is 1. The fraction of sp³-hybridized carbons (Fsp3) is 0.280. The number of fused-ring (bicyclic) bond motifs is 1. The molecule has 0 spiro atoms. The third-order valence-corrected chi connectivity index (χ3v) is 6.63. The number of aromatic nitrogens is 3. The predicted molar refractivity (Wildman–Crippen MR) is 130 cm³/mol. The van der Waals surface area contributed by atoms with Gasteiger partial charge in [-0.05, 0) is 56.2 Å². The number of thiophene rings is 1. The van der Waals surface area contributed by atoms with Gasteiger partial charge < -0.3 is 15.0 Å². The number of nitrogens with one attached hydrogen (secondary N) is 2. The lowest BCUT2D eigenvalue weighted by molar-refractivity contribution is -0.121. The number of ether oxygens (including phenoxy) is 1. The maximum Gasteiger partial charge on any atom is 0.259 e. The molecule has 8 heteroatoms. The third kappa shape index (κ3) is 5.46. The molecule has 1 aromatic carbocycles. The number of H-pyrrole nitrogens is 1. The summed E-state index contributed by atoms with van der Waals surface area (Å²) in [5, 5.41) is 3.65. The number of hydrogen-bond acceptors (Lipinski definition) is 6.